The van der Waals surface area contributed by atoms with Crippen LogP contribution in [0.4, 0.5) is 0 Å². The third kappa shape index (κ3) is 16.9. The molecule has 0 fully saturated rings. The molecule has 0 aliphatic heterocycles. The van der Waals surface area contributed by atoms with Gasteiger partial charge in [0.2, 0.25) is 0 Å². The van der Waals surface area contributed by atoms with Gasteiger partial charge in [0.25, 0.3) is 0 Å². The number of carbonyl (C=O) groups is 3. The molecule has 0 saturated carbocycles. The van der Waals surface area contributed by atoms with Crippen LogP contribution in [0.2, 0.25) is 0 Å². The quantitative estimate of drug-likeness (QED) is 0.329. The molecule has 0 saturated heterocycles. The summed E-state index contributed by atoms with van der Waals surface area (Å²) in [6, 6.07) is -0.849. The highest BCUT2D eigenvalue weighted by atomic mass is 16.6. The third-order valence-electron chi connectivity index (χ3n) is 2.99. The predicted molar refractivity (Wildman–Crippen MR) is 109 cm³/mol. The molecule has 0 amide bonds. The molecule has 0 aromatic carbocycles. The fraction of sp³-hybridized carbons (Fsp3) is 0.857. The Morgan fingerprint density at radius 1 is 0.724 bits per heavy atom. The Hall–Kier alpha value is -1.67. The number of nitrogens with one attached hydrogen (secondary N) is 1. The van der Waals surface area contributed by atoms with E-state index in [0.717, 1.165) is 0 Å². The van der Waals surface area contributed by atoms with E-state index in [-0.39, 0.29) is 32.0 Å². The van der Waals surface area contributed by atoms with Gasteiger partial charge in [-0.3, -0.25) is 14.4 Å². The molecule has 0 aliphatic rings. The molecule has 0 aromatic heterocycles. The Kier molecular flexibility index (Phi) is 10.8. The number of ether oxygens (including phenoxy) is 4. The van der Waals surface area contributed by atoms with Crippen molar-refractivity contribution in [1.82, 2.24) is 5.32 Å². The Balaban J connectivity index is 4.49. The maximum absolute atomic E-state index is 12.4. The molecule has 1 atom stereocenters. The van der Waals surface area contributed by atoms with Gasteiger partial charge in [0.1, 0.15) is 22.8 Å². The predicted octanol–water partition coefficient (Wildman–Crippen LogP) is 2.77. The average molecular weight is 418 g/mol. The van der Waals surface area contributed by atoms with Gasteiger partial charge in [0.05, 0.1) is 26.1 Å². The summed E-state index contributed by atoms with van der Waals surface area (Å²) in [4.78, 5) is 36.1. The zero-order valence-corrected chi connectivity index (χ0v) is 19.5. The van der Waals surface area contributed by atoms with Crippen LogP contribution in [0.15, 0.2) is 0 Å². The molecule has 1 N–H and O–H groups in total. The van der Waals surface area contributed by atoms with E-state index in [4.69, 9.17) is 18.9 Å². The van der Waals surface area contributed by atoms with Gasteiger partial charge >= 0.3 is 17.9 Å². The molecule has 0 aliphatic carbocycles. The second kappa shape index (κ2) is 11.5. The van der Waals surface area contributed by atoms with Gasteiger partial charge < -0.3 is 24.3 Å². The van der Waals surface area contributed by atoms with Crippen molar-refractivity contribution >= 4 is 17.9 Å². The lowest BCUT2D eigenvalue weighted by atomic mass is 10.1. The normalized spacial score (nSPS) is 13.6. The highest BCUT2D eigenvalue weighted by Crippen LogP contribution is 2.13. The van der Waals surface area contributed by atoms with Crippen molar-refractivity contribution in [2.75, 3.05) is 19.8 Å². The van der Waals surface area contributed by atoms with Crippen LogP contribution in [0.3, 0.4) is 0 Å². The lowest BCUT2D eigenvalue weighted by Crippen LogP contribution is -2.44. The highest BCUT2D eigenvalue weighted by molar-refractivity contribution is 5.83. The second-order valence-electron chi connectivity index (χ2n) is 9.78. The summed E-state index contributed by atoms with van der Waals surface area (Å²) >= 11 is 0. The minimum Gasteiger partial charge on any atom is -0.460 e. The fourth-order valence-corrected chi connectivity index (χ4v) is 2.12. The van der Waals surface area contributed by atoms with Crippen LogP contribution >= 0.6 is 0 Å². The van der Waals surface area contributed by atoms with E-state index in [0.29, 0.717) is 6.54 Å². The summed E-state index contributed by atoms with van der Waals surface area (Å²) < 4.78 is 21.3. The van der Waals surface area contributed by atoms with Gasteiger partial charge in [-0.05, 0) is 62.3 Å². The van der Waals surface area contributed by atoms with Crippen LogP contribution < -0.4 is 5.32 Å². The van der Waals surface area contributed by atoms with Crippen molar-refractivity contribution in [3.8, 4) is 0 Å². The monoisotopic (exact) mass is 417 g/mol. The molecule has 29 heavy (non-hydrogen) atoms. The van der Waals surface area contributed by atoms with Crippen molar-refractivity contribution < 1.29 is 33.3 Å². The van der Waals surface area contributed by atoms with Crippen molar-refractivity contribution in [3.63, 3.8) is 0 Å². The first-order valence-corrected chi connectivity index (χ1v) is 9.96. The summed E-state index contributed by atoms with van der Waals surface area (Å²) in [6.07, 6.45) is -0.00519. The largest absolute Gasteiger partial charge is 0.460 e. The molecule has 0 aromatic rings. The standard InChI is InChI=1S/C21H39NO7/c1-19(2,3)27-16(23)10-12-26-13-11-22-15(18(25)29-21(7,8)9)14-17(24)28-20(4,5)6/h15,22H,10-14H2,1-9H3. The van der Waals surface area contributed by atoms with Gasteiger partial charge in [-0.2, -0.15) is 0 Å². The molecular weight excluding hydrogens is 378 g/mol. The van der Waals surface area contributed by atoms with E-state index in [2.05, 4.69) is 5.32 Å². The number of rotatable bonds is 10. The number of esters is 3. The molecule has 0 radical (unpaired) electrons. The Labute approximate surface area is 175 Å². The Bertz CT molecular complexity index is 539. The van der Waals surface area contributed by atoms with Gasteiger partial charge in [0.15, 0.2) is 0 Å². The van der Waals surface area contributed by atoms with Crippen LogP contribution in [0.25, 0.3) is 0 Å². The summed E-state index contributed by atoms with van der Waals surface area (Å²) in [5.41, 5.74) is -1.84. The van der Waals surface area contributed by atoms with Crippen LogP contribution in [0.5, 0.6) is 0 Å². The molecule has 0 rings (SSSR count). The number of hydrogen-bond acceptors (Lipinski definition) is 8. The molecule has 0 spiro atoms. The van der Waals surface area contributed by atoms with Crippen LogP contribution in [-0.4, -0.2) is 60.5 Å². The van der Waals surface area contributed by atoms with Crippen molar-refractivity contribution in [2.45, 2.75) is 98.0 Å². The molecule has 0 heterocycles. The highest BCUT2D eigenvalue weighted by Gasteiger charge is 2.29. The van der Waals surface area contributed by atoms with Crippen molar-refractivity contribution in [3.05, 3.63) is 0 Å². The lowest BCUT2D eigenvalue weighted by molar-refractivity contribution is -0.164. The van der Waals surface area contributed by atoms with Crippen LogP contribution in [0, 0.1) is 0 Å². The SMILES string of the molecule is CC(C)(C)OC(=O)CCOCCNC(CC(=O)OC(C)(C)C)C(=O)OC(C)(C)C. The minimum atomic E-state index is -0.849. The topological polar surface area (TPSA) is 100 Å². The minimum absolute atomic E-state index is 0.144. The van der Waals surface area contributed by atoms with Crippen LogP contribution in [0.1, 0.15) is 75.2 Å². The molecular formula is C21H39NO7. The van der Waals surface area contributed by atoms with E-state index < -0.39 is 34.8 Å². The molecule has 8 heteroatoms. The first-order chi connectivity index (χ1) is 13.0. The lowest BCUT2D eigenvalue weighted by Gasteiger charge is -2.25. The van der Waals surface area contributed by atoms with Crippen LogP contribution in [-0.2, 0) is 33.3 Å². The zero-order valence-electron chi connectivity index (χ0n) is 19.5. The molecule has 1 unspecified atom stereocenters. The van der Waals surface area contributed by atoms with Crippen molar-refractivity contribution in [2.24, 2.45) is 0 Å². The summed E-state index contributed by atoms with van der Waals surface area (Å²) in [5.74, 6) is -1.36. The maximum Gasteiger partial charge on any atom is 0.324 e. The zero-order chi connectivity index (χ0) is 22.9. The van der Waals surface area contributed by atoms with E-state index in [1.54, 1.807) is 62.3 Å². The summed E-state index contributed by atoms with van der Waals surface area (Å²) in [7, 11) is 0. The molecule has 170 valence electrons. The van der Waals surface area contributed by atoms with Gasteiger partial charge in [-0.25, -0.2) is 0 Å². The van der Waals surface area contributed by atoms with E-state index in [9.17, 15) is 14.4 Å². The Morgan fingerprint density at radius 2 is 1.21 bits per heavy atom. The average Bonchev–Trinajstić information content (AvgIpc) is 2.43. The Morgan fingerprint density at radius 3 is 1.69 bits per heavy atom. The van der Waals surface area contributed by atoms with E-state index in [1.165, 1.54) is 0 Å². The van der Waals surface area contributed by atoms with Crippen molar-refractivity contribution in [1.29, 1.82) is 0 Å². The van der Waals surface area contributed by atoms with E-state index in [1.807, 2.05) is 0 Å². The van der Waals surface area contributed by atoms with Gasteiger partial charge in [0, 0.05) is 6.54 Å². The molecule has 0 bridgehead atoms. The summed E-state index contributed by atoms with van der Waals surface area (Å²) in [5, 5.41) is 2.97. The second-order valence-corrected chi connectivity index (χ2v) is 9.78. The van der Waals surface area contributed by atoms with E-state index >= 15 is 0 Å². The first-order valence-electron chi connectivity index (χ1n) is 9.96. The third-order valence-corrected chi connectivity index (χ3v) is 2.99. The van der Waals surface area contributed by atoms with Gasteiger partial charge in [-0.15, -0.1) is 0 Å². The molecule has 8 nitrogen and oxygen atoms in total. The van der Waals surface area contributed by atoms with Gasteiger partial charge in [-0.1, -0.05) is 0 Å². The summed E-state index contributed by atoms with van der Waals surface area (Å²) in [6.45, 7) is 16.8. The fourth-order valence-electron chi connectivity index (χ4n) is 2.12. The maximum atomic E-state index is 12.4. The smallest absolute Gasteiger partial charge is 0.324 e. The first kappa shape index (κ1) is 27.3. The number of hydrogen-bond donors (Lipinski definition) is 1. The number of carbonyl (C=O) groups excluding carboxylic acids is 3.